The lowest BCUT2D eigenvalue weighted by molar-refractivity contribution is 0.513. The summed E-state index contributed by atoms with van der Waals surface area (Å²) >= 11 is 1.73. The van der Waals surface area contributed by atoms with Gasteiger partial charge in [-0.1, -0.05) is 6.92 Å². The Kier molecular flexibility index (Phi) is 3.46. The van der Waals surface area contributed by atoms with E-state index in [4.69, 9.17) is 4.42 Å². The molecule has 0 radical (unpaired) electrons. The average Bonchev–Trinajstić information content (AvgIpc) is 3.07. The Morgan fingerprint density at radius 2 is 2.32 bits per heavy atom. The van der Waals surface area contributed by atoms with Gasteiger partial charge in [-0.3, -0.25) is 0 Å². The predicted octanol–water partition coefficient (Wildman–Crippen LogP) is 3.50. The topological polar surface area (TPSA) is 51.0 Å². The fraction of sp³-hybridized carbons (Fsp3) is 0.286. The molecule has 0 aromatic carbocycles. The van der Waals surface area contributed by atoms with Gasteiger partial charge in [0, 0.05) is 17.8 Å². The summed E-state index contributed by atoms with van der Waals surface area (Å²) in [5.41, 5.74) is 0. The average molecular weight is 273 g/mol. The molecule has 0 saturated heterocycles. The van der Waals surface area contributed by atoms with Crippen molar-refractivity contribution in [2.75, 3.05) is 11.9 Å². The van der Waals surface area contributed by atoms with Crippen LogP contribution in [0.1, 0.15) is 17.6 Å². The van der Waals surface area contributed by atoms with Crippen molar-refractivity contribution in [1.29, 1.82) is 0 Å². The van der Waals surface area contributed by atoms with Crippen LogP contribution in [0.2, 0.25) is 0 Å². The minimum absolute atomic E-state index is 0.803. The molecule has 0 atom stereocenters. The van der Waals surface area contributed by atoms with E-state index in [2.05, 4.69) is 28.3 Å². The Hall–Kier alpha value is -1.88. The molecule has 5 heteroatoms. The molecule has 1 N–H and O–H groups in total. The number of aromatic nitrogens is 2. The van der Waals surface area contributed by atoms with Crippen LogP contribution in [0.15, 0.2) is 35.2 Å². The monoisotopic (exact) mass is 273 g/mol. The minimum Gasteiger partial charge on any atom is -0.469 e. The summed E-state index contributed by atoms with van der Waals surface area (Å²) in [7, 11) is 0. The first-order chi connectivity index (χ1) is 9.36. The Balaban J connectivity index is 1.75. The van der Waals surface area contributed by atoms with E-state index in [0.29, 0.717) is 0 Å². The maximum Gasteiger partial charge on any atom is 0.138 e. The maximum absolute atomic E-state index is 5.31. The van der Waals surface area contributed by atoms with E-state index in [1.54, 1.807) is 23.9 Å². The van der Waals surface area contributed by atoms with Gasteiger partial charge in [-0.25, -0.2) is 9.97 Å². The molecule has 3 heterocycles. The summed E-state index contributed by atoms with van der Waals surface area (Å²) < 4.78 is 5.31. The van der Waals surface area contributed by atoms with Crippen molar-refractivity contribution in [2.24, 2.45) is 0 Å². The zero-order valence-corrected chi connectivity index (χ0v) is 11.5. The van der Waals surface area contributed by atoms with Crippen LogP contribution in [0.4, 0.5) is 5.82 Å². The first kappa shape index (κ1) is 12.2. The van der Waals surface area contributed by atoms with Gasteiger partial charge in [0.2, 0.25) is 0 Å². The molecule has 0 amide bonds. The highest BCUT2D eigenvalue weighted by Gasteiger charge is 2.07. The zero-order valence-electron chi connectivity index (χ0n) is 10.7. The molecule has 3 rings (SSSR count). The molecule has 0 aliphatic carbocycles. The van der Waals surface area contributed by atoms with Gasteiger partial charge in [0.1, 0.15) is 22.7 Å². The van der Waals surface area contributed by atoms with Gasteiger partial charge < -0.3 is 9.73 Å². The van der Waals surface area contributed by atoms with Crippen LogP contribution < -0.4 is 5.32 Å². The maximum atomic E-state index is 5.31. The number of furan rings is 1. The number of aryl methyl sites for hydroxylation is 1. The van der Waals surface area contributed by atoms with Gasteiger partial charge in [-0.2, -0.15) is 0 Å². The van der Waals surface area contributed by atoms with Gasteiger partial charge in [-0.05, 0) is 24.6 Å². The summed E-state index contributed by atoms with van der Waals surface area (Å²) in [5, 5.41) is 4.47. The van der Waals surface area contributed by atoms with E-state index < -0.39 is 0 Å². The molecule has 3 aromatic rings. The highest BCUT2D eigenvalue weighted by atomic mass is 32.1. The van der Waals surface area contributed by atoms with Gasteiger partial charge >= 0.3 is 0 Å². The number of hydrogen-bond acceptors (Lipinski definition) is 5. The molecule has 0 aliphatic heterocycles. The Morgan fingerprint density at radius 1 is 1.37 bits per heavy atom. The molecule has 19 heavy (non-hydrogen) atoms. The minimum atomic E-state index is 0.803. The second-order valence-corrected chi connectivity index (χ2v) is 5.38. The summed E-state index contributed by atoms with van der Waals surface area (Å²) in [6.45, 7) is 2.96. The highest BCUT2D eigenvalue weighted by Crippen LogP contribution is 2.28. The summed E-state index contributed by atoms with van der Waals surface area (Å²) in [6, 6.07) is 6.07. The highest BCUT2D eigenvalue weighted by molar-refractivity contribution is 7.18. The molecule has 3 aromatic heterocycles. The van der Waals surface area contributed by atoms with E-state index in [-0.39, 0.29) is 0 Å². The molecule has 0 saturated carbocycles. The lowest BCUT2D eigenvalue weighted by atomic mass is 10.3. The third-order valence-corrected chi connectivity index (χ3v) is 4.16. The van der Waals surface area contributed by atoms with Gasteiger partial charge in [0.05, 0.1) is 11.6 Å². The van der Waals surface area contributed by atoms with Crippen molar-refractivity contribution in [3.63, 3.8) is 0 Å². The molecular formula is C14H15N3OS. The quantitative estimate of drug-likeness (QED) is 0.773. The Morgan fingerprint density at radius 3 is 3.11 bits per heavy atom. The number of anilines is 1. The SMILES string of the molecule is CCc1cc2c(NCCc3ccco3)ncnc2s1. The van der Waals surface area contributed by atoms with Crippen LogP contribution in [-0.4, -0.2) is 16.5 Å². The number of fused-ring (bicyclic) bond motifs is 1. The molecule has 0 fully saturated rings. The van der Waals surface area contributed by atoms with E-state index in [1.807, 2.05) is 12.1 Å². The largest absolute Gasteiger partial charge is 0.469 e. The number of thiophene rings is 1. The van der Waals surface area contributed by atoms with E-state index in [9.17, 15) is 0 Å². The summed E-state index contributed by atoms with van der Waals surface area (Å²) in [6.07, 6.45) is 5.20. The Labute approximate surface area is 115 Å². The fourth-order valence-corrected chi connectivity index (χ4v) is 2.91. The smallest absolute Gasteiger partial charge is 0.138 e. The van der Waals surface area contributed by atoms with Crippen molar-refractivity contribution in [2.45, 2.75) is 19.8 Å². The van der Waals surface area contributed by atoms with Crippen LogP contribution in [0.5, 0.6) is 0 Å². The van der Waals surface area contributed by atoms with E-state index in [0.717, 1.165) is 41.2 Å². The summed E-state index contributed by atoms with van der Waals surface area (Å²) in [4.78, 5) is 11.0. The predicted molar refractivity (Wildman–Crippen MR) is 77.7 cm³/mol. The van der Waals surface area contributed by atoms with Crippen molar-refractivity contribution in [3.8, 4) is 0 Å². The second-order valence-electron chi connectivity index (χ2n) is 4.26. The zero-order chi connectivity index (χ0) is 13.1. The Bertz CT molecular complexity index is 660. The second kappa shape index (κ2) is 5.40. The first-order valence-electron chi connectivity index (χ1n) is 6.36. The number of nitrogens with one attached hydrogen (secondary N) is 1. The third-order valence-electron chi connectivity index (χ3n) is 2.97. The van der Waals surface area contributed by atoms with Crippen LogP contribution in [0.25, 0.3) is 10.2 Å². The molecule has 98 valence electrons. The lowest BCUT2D eigenvalue weighted by Crippen LogP contribution is -2.06. The number of rotatable bonds is 5. The fourth-order valence-electron chi connectivity index (χ4n) is 1.98. The van der Waals surface area contributed by atoms with Crippen LogP contribution in [-0.2, 0) is 12.8 Å². The van der Waals surface area contributed by atoms with Crippen molar-refractivity contribution in [1.82, 2.24) is 9.97 Å². The molecule has 0 bridgehead atoms. The molecule has 0 spiro atoms. The van der Waals surface area contributed by atoms with Gasteiger partial charge in [0.25, 0.3) is 0 Å². The number of nitrogens with zero attached hydrogens (tertiary/aromatic N) is 2. The lowest BCUT2D eigenvalue weighted by Gasteiger charge is -2.04. The normalized spacial score (nSPS) is 11.0. The molecular weight excluding hydrogens is 258 g/mol. The van der Waals surface area contributed by atoms with Gasteiger partial charge in [0.15, 0.2) is 0 Å². The third kappa shape index (κ3) is 2.61. The van der Waals surface area contributed by atoms with Crippen molar-refractivity contribution < 1.29 is 4.42 Å². The van der Waals surface area contributed by atoms with Gasteiger partial charge in [-0.15, -0.1) is 11.3 Å². The summed E-state index contributed by atoms with van der Waals surface area (Å²) in [5.74, 6) is 1.89. The van der Waals surface area contributed by atoms with Crippen molar-refractivity contribution >= 4 is 27.4 Å². The van der Waals surface area contributed by atoms with Crippen LogP contribution in [0.3, 0.4) is 0 Å². The standard InChI is InChI=1S/C14H15N3OS/c1-2-11-8-12-13(16-9-17-14(12)19-11)15-6-5-10-4-3-7-18-10/h3-4,7-9H,2,5-6H2,1H3,(H,15,16,17). The van der Waals surface area contributed by atoms with Crippen LogP contribution in [0, 0.1) is 0 Å². The molecule has 4 nitrogen and oxygen atoms in total. The van der Waals surface area contributed by atoms with E-state index >= 15 is 0 Å². The van der Waals surface area contributed by atoms with Crippen molar-refractivity contribution in [3.05, 3.63) is 41.4 Å². The van der Waals surface area contributed by atoms with Crippen LogP contribution >= 0.6 is 11.3 Å². The molecule has 0 aliphatic rings. The number of hydrogen-bond donors (Lipinski definition) is 1. The first-order valence-corrected chi connectivity index (χ1v) is 7.18. The van der Waals surface area contributed by atoms with E-state index in [1.165, 1.54) is 4.88 Å². The molecule has 0 unspecified atom stereocenters.